The Bertz CT molecular complexity index is 878. The zero-order valence-corrected chi connectivity index (χ0v) is 18.3. The van der Waals surface area contributed by atoms with Crippen LogP contribution in [-0.4, -0.2) is 44.7 Å². The number of carbonyl (C=O) groups excluding carboxylic acids is 1. The molecule has 1 saturated heterocycles. The van der Waals surface area contributed by atoms with Gasteiger partial charge in [-0.25, -0.2) is 0 Å². The third-order valence-corrected chi connectivity index (χ3v) is 5.63. The topological polar surface area (TPSA) is 87.1 Å². The van der Waals surface area contributed by atoms with Gasteiger partial charge in [0, 0.05) is 12.6 Å². The van der Waals surface area contributed by atoms with Crippen LogP contribution in [0.5, 0.6) is 0 Å². The molecule has 2 aromatic carbocycles. The summed E-state index contributed by atoms with van der Waals surface area (Å²) < 4.78 is 5.68. The molecule has 1 aliphatic heterocycles. The summed E-state index contributed by atoms with van der Waals surface area (Å²) in [7, 11) is 0. The fourth-order valence-corrected chi connectivity index (χ4v) is 4.29. The number of hydrogen-bond donors (Lipinski definition) is 2. The highest BCUT2D eigenvalue weighted by molar-refractivity contribution is 5.77. The van der Waals surface area contributed by atoms with Crippen LogP contribution in [0.25, 0.3) is 0 Å². The van der Waals surface area contributed by atoms with Crippen LogP contribution >= 0.6 is 0 Å². The largest absolute Gasteiger partial charge is 0.480 e. The maximum absolute atomic E-state index is 13.3. The number of rotatable bonds is 7. The third kappa shape index (κ3) is 5.71. The number of hydrogen-bond acceptors (Lipinski definition) is 5. The predicted molar refractivity (Wildman–Crippen MR) is 117 cm³/mol. The molecular formula is C25H31NO5. The standard InChI is InChI=1S/C25H31NO5/c1-25(2,3)31-24(30)21(22(27)18-12-8-5-9-13-18)19-14-15-20(23(28)29)26(19)16-17-10-6-4-7-11-17/h4-13,19-22,27H,14-16H2,1-3H3,(H,28,29)/t19-,20+,21-,22?/m1/s1. The minimum Gasteiger partial charge on any atom is -0.480 e. The van der Waals surface area contributed by atoms with E-state index in [4.69, 9.17) is 4.74 Å². The van der Waals surface area contributed by atoms with Gasteiger partial charge in [-0.15, -0.1) is 0 Å². The number of aliphatic carboxylic acids is 1. The Labute approximate surface area is 183 Å². The molecule has 6 nitrogen and oxygen atoms in total. The second-order valence-corrected chi connectivity index (χ2v) is 9.07. The smallest absolute Gasteiger partial charge is 0.320 e. The van der Waals surface area contributed by atoms with Crippen LogP contribution in [-0.2, 0) is 20.9 Å². The molecule has 0 aromatic heterocycles. The third-order valence-electron chi connectivity index (χ3n) is 5.63. The van der Waals surface area contributed by atoms with Crippen molar-refractivity contribution in [3.8, 4) is 0 Å². The first-order chi connectivity index (χ1) is 14.7. The van der Waals surface area contributed by atoms with E-state index in [0.717, 1.165) is 5.56 Å². The average molecular weight is 426 g/mol. The average Bonchev–Trinajstić information content (AvgIpc) is 3.11. The van der Waals surface area contributed by atoms with Gasteiger partial charge in [-0.05, 0) is 44.7 Å². The number of aliphatic hydroxyl groups is 1. The second kappa shape index (κ2) is 9.62. The molecule has 0 bridgehead atoms. The van der Waals surface area contributed by atoms with Crippen molar-refractivity contribution in [3.63, 3.8) is 0 Å². The lowest BCUT2D eigenvalue weighted by atomic mass is 9.87. The quantitative estimate of drug-likeness (QED) is 0.656. The summed E-state index contributed by atoms with van der Waals surface area (Å²) in [5.41, 5.74) is 0.843. The second-order valence-electron chi connectivity index (χ2n) is 9.07. The van der Waals surface area contributed by atoms with E-state index in [2.05, 4.69) is 0 Å². The highest BCUT2D eigenvalue weighted by Crippen LogP contribution is 2.38. The van der Waals surface area contributed by atoms with Crippen molar-refractivity contribution in [2.45, 2.75) is 63.9 Å². The minimum atomic E-state index is -1.10. The zero-order chi connectivity index (χ0) is 22.6. The van der Waals surface area contributed by atoms with E-state index in [0.29, 0.717) is 24.9 Å². The number of nitrogens with zero attached hydrogens (tertiary/aromatic N) is 1. The van der Waals surface area contributed by atoms with Crippen molar-refractivity contribution in [2.24, 2.45) is 5.92 Å². The maximum Gasteiger partial charge on any atom is 0.320 e. The highest BCUT2D eigenvalue weighted by Gasteiger charge is 2.48. The monoisotopic (exact) mass is 425 g/mol. The molecule has 1 aliphatic rings. The van der Waals surface area contributed by atoms with Crippen molar-refractivity contribution in [1.29, 1.82) is 0 Å². The Morgan fingerprint density at radius 1 is 1.03 bits per heavy atom. The Balaban J connectivity index is 1.98. The minimum absolute atomic E-state index is 0.378. The molecule has 1 heterocycles. The van der Waals surface area contributed by atoms with Gasteiger partial charge in [-0.3, -0.25) is 14.5 Å². The summed E-state index contributed by atoms with van der Waals surface area (Å²) in [6.45, 7) is 5.73. The number of aliphatic hydroxyl groups excluding tert-OH is 1. The van der Waals surface area contributed by atoms with Gasteiger partial charge in [0.25, 0.3) is 0 Å². The number of carbonyl (C=O) groups is 2. The first-order valence-electron chi connectivity index (χ1n) is 10.7. The van der Waals surface area contributed by atoms with E-state index in [1.54, 1.807) is 45.0 Å². The van der Waals surface area contributed by atoms with Gasteiger partial charge in [0.2, 0.25) is 0 Å². The van der Waals surface area contributed by atoms with Crippen LogP contribution in [0, 0.1) is 5.92 Å². The van der Waals surface area contributed by atoms with E-state index in [1.807, 2.05) is 41.3 Å². The van der Waals surface area contributed by atoms with Crippen molar-refractivity contribution in [2.75, 3.05) is 0 Å². The number of ether oxygens (including phenoxy) is 1. The number of carboxylic acid groups (broad SMARTS) is 1. The van der Waals surface area contributed by atoms with Crippen LogP contribution in [0.3, 0.4) is 0 Å². The van der Waals surface area contributed by atoms with Crippen molar-refractivity contribution < 1.29 is 24.5 Å². The van der Waals surface area contributed by atoms with Gasteiger partial charge < -0.3 is 14.9 Å². The van der Waals surface area contributed by atoms with Gasteiger partial charge in [0.05, 0.1) is 6.10 Å². The summed E-state index contributed by atoms with van der Waals surface area (Å²) in [5.74, 6) is -2.34. The van der Waals surface area contributed by atoms with Crippen LogP contribution < -0.4 is 0 Å². The van der Waals surface area contributed by atoms with Crippen molar-refractivity contribution >= 4 is 11.9 Å². The Kier molecular flexibility index (Phi) is 7.13. The molecule has 2 N–H and O–H groups in total. The van der Waals surface area contributed by atoms with Gasteiger partial charge in [0.15, 0.2) is 0 Å². The number of esters is 1. The fourth-order valence-electron chi connectivity index (χ4n) is 4.29. The van der Waals surface area contributed by atoms with Crippen molar-refractivity contribution in [3.05, 3.63) is 71.8 Å². The lowest BCUT2D eigenvalue weighted by Crippen LogP contribution is -2.48. The molecule has 3 rings (SSSR count). The number of benzene rings is 2. The van der Waals surface area contributed by atoms with Gasteiger partial charge in [-0.2, -0.15) is 0 Å². The van der Waals surface area contributed by atoms with E-state index in [-0.39, 0.29) is 0 Å². The molecule has 166 valence electrons. The molecule has 1 unspecified atom stereocenters. The maximum atomic E-state index is 13.3. The highest BCUT2D eigenvalue weighted by atomic mass is 16.6. The molecule has 0 amide bonds. The molecule has 6 heteroatoms. The molecule has 1 fully saturated rings. The lowest BCUT2D eigenvalue weighted by molar-refractivity contribution is -0.169. The molecular weight excluding hydrogens is 394 g/mol. The normalized spacial score (nSPS) is 21.4. The number of likely N-dealkylation sites (tertiary alicyclic amines) is 1. The van der Waals surface area contributed by atoms with Crippen LogP contribution in [0.1, 0.15) is 50.8 Å². The SMILES string of the molecule is CC(C)(C)OC(=O)[C@@H](C(O)c1ccccc1)[C@H]1CC[C@@H](C(=O)O)N1Cc1ccccc1. The van der Waals surface area contributed by atoms with E-state index < -0.39 is 41.6 Å². The Morgan fingerprint density at radius 3 is 2.16 bits per heavy atom. The van der Waals surface area contributed by atoms with Crippen LogP contribution in [0.15, 0.2) is 60.7 Å². The van der Waals surface area contributed by atoms with E-state index in [9.17, 15) is 19.8 Å². The van der Waals surface area contributed by atoms with Gasteiger partial charge in [0.1, 0.15) is 17.6 Å². The molecule has 0 spiro atoms. The van der Waals surface area contributed by atoms with E-state index in [1.165, 1.54) is 0 Å². The summed E-state index contributed by atoms with van der Waals surface area (Å²) in [6.07, 6.45) is -0.211. The molecule has 4 atom stereocenters. The lowest BCUT2D eigenvalue weighted by Gasteiger charge is -2.36. The predicted octanol–water partition coefficient (Wildman–Crippen LogP) is 3.80. The Hall–Kier alpha value is -2.70. The first kappa shape index (κ1) is 23.0. The van der Waals surface area contributed by atoms with Crippen LogP contribution in [0.4, 0.5) is 0 Å². The molecule has 0 radical (unpaired) electrons. The van der Waals surface area contributed by atoms with Gasteiger partial charge >= 0.3 is 11.9 Å². The molecule has 0 saturated carbocycles. The Morgan fingerprint density at radius 2 is 1.61 bits per heavy atom. The zero-order valence-electron chi connectivity index (χ0n) is 18.3. The number of carboxylic acids is 1. The fraction of sp³-hybridized carbons (Fsp3) is 0.440. The van der Waals surface area contributed by atoms with E-state index >= 15 is 0 Å². The molecule has 2 aromatic rings. The van der Waals surface area contributed by atoms with Gasteiger partial charge in [-0.1, -0.05) is 60.7 Å². The summed E-state index contributed by atoms with van der Waals surface area (Å²) in [6, 6.07) is 17.4. The summed E-state index contributed by atoms with van der Waals surface area (Å²) >= 11 is 0. The van der Waals surface area contributed by atoms with Crippen LogP contribution in [0.2, 0.25) is 0 Å². The summed E-state index contributed by atoms with van der Waals surface area (Å²) in [5, 5.41) is 21.1. The molecule has 0 aliphatic carbocycles. The van der Waals surface area contributed by atoms with Crippen molar-refractivity contribution in [1.82, 2.24) is 4.90 Å². The summed E-state index contributed by atoms with van der Waals surface area (Å²) in [4.78, 5) is 27.1. The molecule has 31 heavy (non-hydrogen) atoms. The first-order valence-corrected chi connectivity index (χ1v) is 10.7.